The van der Waals surface area contributed by atoms with Crippen LogP contribution in [0.4, 0.5) is 13.2 Å². The Morgan fingerprint density at radius 2 is 2.00 bits per heavy atom. The van der Waals surface area contributed by atoms with E-state index >= 15 is 0 Å². The largest absolute Gasteiger partial charge is 0.497 e. The van der Waals surface area contributed by atoms with E-state index in [4.69, 9.17) is 15.2 Å². The van der Waals surface area contributed by atoms with Crippen molar-refractivity contribution in [2.45, 2.75) is 18.3 Å². The number of nitrogens with two attached hydrogens (primary N) is 1. The predicted molar refractivity (Wildman–Crippen MR) is 77.6 cm³/mol. The molecule has 2 heterocycles. The van der Waals surface area contributed by atoms with Gasteiger partial charge < -0.3 is 15.2 Å². The van der Waals surface area contributed by atoms with Gasteiger partial charge in [-0.15, -0.1) is 0 Å². The van der Waals surface area contributed by atoms with Crippen LogP contribution in [-0.2, 0) is 4.74 Å². The molecule has 0 unspecified atom stereocenters. The summed E-state index contributed by atoms with van der Waals surface area (Å²) in [5, 5.41) is 12.7. The number of methoxy groups -OCH3 is 1. The summed E-state index contributed by atoms with van der Waals surface area (Å²) < 4.78 is 50.1. The summed E-state index contributed by atoms with van der Waals surface area (Å²) in [6.45, 7) is 0. The summed E-state index contributed by atoms with van der Waals surface area (Å²) in [5.41, 5.74) is 7.45. The molecule has 9 heteroatoms. The second-order valence-corrected chi connectivity index (χ2v) is 5.33. The van der Waals surface area contributed by atoms with E-state index < -0.39 is 30.0 Å². The maximum Gasteiger partial charge on any atom is 0.431 e. The smallest absolute Gasteiger partial charge is 0.431 e. The van der Waals surface area contributed by atoms with E-state index in [1.807, 2.05) is 6.07 Å². The Hall–Kier alpha value is -2.89. The molecule has 3 N–H and O–H groups in total. The first-order chi connectivity index (χ1) is 11.4. The number of nitrogens with one attached hydrogen (secondary N) is 1. The van der Waals surface area contributed by atoms with Crippen LogP contribution in [0, 0.1) is 17.2 Å². The topological polar surface area (TPSA) is 92.7 Å². The van der Waals surface area contributed by atoms with E-state index in [1.54, 1.807) is 24.3 Å². The third kappa shape index (κ3) is 2.50. The minimum Gasteiger partial charge on any atom is -0.497 e. The molecule has 2 aliphatic heterocycles. The highest BCUT2D eigenvalue weighted by Gasteiger charge is 2.55. The van der Waals surface area contributed by atoms with Gasteiger partial charge in [-0.25, -0.2) is 0 Å². The molecule has 0 aliphatic carbocycles. The Kier molecular flexibility index (Phi) is 3.75. The Morgan fingerprint density at radius 1 is 1.33 bits per heavy atom. The minimum atomic E-state index is -4.65. The minimum absolute atomic E-state index is 0.0536. The summed E-state index contributed by atoms with van der Waals surface area (Å²) in [4.78, 5) is 0. The zero-order chi connectivity index (χ0) is 17.5. The summed E-state index contributed by atoms with van der Waals surface area (Å²) >= 11 is 0. The second kappa shape index (κ2) is 5.63. The number of rotatable bonds is 2. The lowest BCUT2D eigenvalue weighted by molar-refractivity contribution is -0.0661. The summed E-state index contributed by atoms with van der Waals surface area (Å²) in [7, 11) is 1.48. The van der Waals surface area contributed by atoms with Gasteiger partial charge in [0.25, 0.3) is 0 Å². The first kappa shape index (κ1) is 16.0. The molecule has 1 aromatic carbocycles. The summed E-state index contributed by atoms with van der Waals surface area (Å²) in [6.07, 6.45) is -5.72. The third-order valence-electron chi connectivity index (χ3n) is 4.03. The van der Waals surface area contributed by atoms with Crippen LogP contribution in [0.2, 0.25) is 0 Å². The average Bonchev–Trinajstić information content (AvgIpc) is 2.97. The number of hydrazone groups is 1. The van der Waals surface area contributed by atoms with Crippen molar-refractivity contribution in [1.82, 2.24) is 5.43 Å². The van der Waals surface area contributed by atoms with Gasteiger partial charge in [-0.2, -0.15) is 23.5 Å². The number of halogens is 3. The van der Waals surface area contributed by atoms with Crippen molar-refractivity contribution in [1.29, 1.82) is 5.26 Å². The molecule has 3 rings (SSSR count). The van der Waals surface area contributed by atoms with Crippen LogP contribution in [-0.4, -0.2) is 25.2 Å². The lowest BCUT2D eigenvalue weighted by Gasteiger charge is -2.34. The lowest BCUT2D eigenvalue weighted by Crippen LogP contribution is -2.45. The Balaban J connectivity index is 2.10. The highest BCUT2D eigenvalue weighted by Crippen LogP contribution is 2.45. The van der Waals surface area contributed by atoms with Gasteiger partial charge >= 0.3 is 6.18 Å². The fraction of sp³-hybridized carbons (Fsp3) is 0.333. The fourth-order valence-corrected chi connectivity index (χ4v) is 2.96. The molecule has 2 aliphatic rings. The van der Waals surface area contributed by atoms with Gasteiger partial charge in [0.1, 0.15) is 11.8 Å². The summed E-state index contributed by atoms with van der Waals surface area (Å²) in [6, 6.07) is 8.28. The monoisotopic (exact) mass is 338 g/mol. The number of fused-ring (bicyclic) bond motifs is 1. The van der Waals surface area contributed by atoms with Crippen LogP contribution in [0.1, 0.15) is 11.5 Å². The fourth-order valence-electron chi connectivity index (χ4n) is 2.96. The lowest BCUT2D eigenvalue weighted by atomic mass is 9.76. The van der Waals surface area contributed by atoms with Crippen LogP contribution in [0.25, 0.3) is 0 Å². The number of hydrogen-bond acceptors (Lipinski definition) is 6. The molecular weight excluding hydrogens is 325 g/mol. The number of allylic oxidation sites excluding steroid dienone is 1. The molecule has 126 valence electrons. The van der Waals surface area contributed by atoms with Gasteiger partial charge in [0.15, 0.2) is 11.9 Å². The van der Waals surface area contributed by atoms with Crippen LogP contribution in [0.3, 0.4) is 0 Å². The number of hydrogen-bond donors (Lipinski definition) is 2. The van der Waals surface area contributed by atoms with Crippen LogP contribution in [0.15, 0.2) is 40.8 Å². The van der Waals surface area contributed by atoms with Crippen molar-refractivity contribution >= 4 is 5.71 Å². The number of nitrogens with zero attached hydrogens (tertiary/aromatic N) is 2. The maximum atomic E-state index is 13.3. The molecular formula is C15H13F3N4O2. The van der Waals surface area contributed by atoms with Crippen molar-refractivity contribution in [2.75, 3.05) is 7.11 Å². The number of alkyl halides is 3. The normalized spacial score (nSPS) is 26.0. The van der Waals surface area contributed by atoms with Gasteiger partial charge in [0.2, 0.25) is 5.88 Å². The molecule has 0 fully saturated rings. The quantitative estimate of drug-likeness (QED) is 0.860. The highest BCUT2D eigenvalue weighted by molar-refractivity contribution is 5.94. The zero-order valence-corrected chi connectivity index (χ0v) is 12.5. The first-order valence-corrected chi connectivity index (χ1v) is 6.97. The zero-order valence-electron chi connectivity index (χ0n) is 12.5. The predicted octanol–water partition coefficient (Wildman–Crippen LogP) is 1.97. The van der Waals surface area contributed by atoms with Gasteiger partial charge in [0.05, 0.1) is 18.6 Å². The molecule has 0 aromatic heterocycles. The van der Waals surface area contributed by atoms with Gasteiger partial charge in [-0.3, -0.25) is 5.43 Å². The summed E-state index contributed by atoms with van der Waals surface area (Å²) in [5.74, 6) is -1.78. The van der Waals surface area contributed by atoms with E-state index in [0.29, 0.717) is 11.3 Å². The number of benzene rings is 1. The molecule has 0 saturated heterocycles. The van der Waals surface area contributed by atoms with Gasteiger partial charge in [-0.1, -0.05) is 12.1 Å². The molecule has 1 aromatic rings. The van der Waals surface area contributed by atoms with E-state index in [9.17, 15) is 18.4 Å². The second-order valence-electron chi connectivity index (χ2n) is 5.33. The van der Waals surface area contributed by atoms with Crippen LogP contribution >= 0.6 is 0 Å². The van der Waals surface area contributed by atoms with Crippen molar-refractivity contribution in [2.24, 2.45) is 16.8 Å². The van der Waals surface area contributed by atoms with Crippen molar-refractivity contribution in [3.63, 3.8) is 0 Å². The van der Waals surface area contributed by atoms with Crippen molar-refractivity contribution in [3.8, 4) is 11.8 Å². The molecule has 3 atom stereocenters. The Morgan fingerprint density at radius 3 is 2.54 bits per heavy atom. The number of ether oxygens (including phenoxy) is 2. The van der Waals surface area contributed by atoms with E-state index in [2.05, 4.69) is 10.5 Å². The number of nitriles is 1. The van der Waals surface area contributed by atoms with E-state index in [-0.39, 0.29) is 11.5 Å². The average molecular weight is 338 g/mol. The highest BCUT2D eigenvalue weighted by atomic mass is 19.4. The Labute approximate surface area is 135 Å². The standard InChI is InChI=1S/C15H13F3N4O2/c1-23-8-4-2-7(3-5-8)10-9(6-19)13(20)24-14-11(10)12(21-22-14)15(16,17)18/h2-5,10-11,14,22H,20H2,1H3/t10-,11+,14+/m1/s1. The van der Waals surface area contributed by atoms with Gasteiger partial charge in [0, 0.05) is 5.92 Å². The molecule has 0 saturated carbocycles. The van der Waals surface area contributed by atoms with Crippen LogP contribution < -0.4 is 15.9 Å². The van der Waals surface area contributed by atoms with Crippen LogP contribution in [0.5, 0.6) is 5.75 Å². The van der Waals surface area contributed by atoms with E-state index in [0.717, 1.165) is 0 Å². The third-order valence-corrected chi connectivity index (χ3v) is 4.03. The SMILES string of the molecule is COc1ccc([C@@H]2C(C#N)=C(N)O[C@@H]3NN=C(C(F)(F)F)[C@@H]32)cc1. The molecule has 24 heavy (non-hydrogen) atoms. The first-order valence-electron chi connectivity index (χ1n) is 6.97. The molecule has 0 radical (unpaired) electrons. The Bertz CT molecular complexity index is 749. The maximum absolute atomic E-state index is 13.3. The van der Waals surface area contributed by atoms with Crippen molar-refractivity contribution in [3.05, 3.63) is 41.3 Å². The van der Waals surface area contributed by atoms with Crippen molar-refractivity contribution < 1.29 is 22.6 Å². The molecule has 0 amide bonds. The molecule has 0 spiro atoms. The molecule has 0 bridgehead atoms. The van der Waals surface area contributed by atoms with Gasteiger partial charge in [-0.05, 0) is 17.7 Å². The molecule has 6 nitrogen and oxygen atoms in total. The van der Waals surface area contributed by atoms with E-state index in [1.165, 1.54) is 7.11 Å².